The van der Waals surface area contributed by atoms with Crippen LogP contribution >= 0.6 is 12.4 Å². The molecule has 108 valence electrons. The van der Waals surface area contributed by atoms with Crippen molar-refractivity contribution in [2.75, 3.05) is 13.2 Å². The smallest absolute Gasteiger partial charge is 0.119 e. The monoisotopic (exact) mass is 285 g/mol. The molecule has 1 fully saturated rings. The number of nitrogens with one attached hydrogen (secondary N) is 1. The second-order valence-electron chi connectivity index (χ2n) is 4.93. The number of hydrogen-bond donors (Lipinski definition) is 2. The van der Waals surface area contributed by atoms with Crippen molar-refractivity contribution in [3.8, 4) is 5.75 Å². The second-order valence-corrected chi connectivity index (χ2v) is 4.93. The van der Waals surface area contributed by atoms with E-state index in [1.54, 1.807) is 0 Å². The Kier molecular flexibility index (Phi) is 7.87. The molecule has 2 rings (SSSR count). The molecule has 1 aliphatic carbocycles. The van der Waals surface area contributed by atoms with E-state index in [9.17, 15) is 0 Å². The molecule has 1 saturated carbocycles. The molecule has 1 aliphatic rings. The van der Waals surface area contributed by atoms with E-state index in [1.165, 1.54) is 37.7 Å². The van der Waals surface area contributed by atoms with Crippen LogP contribution in [-0.4, -0.2) is 24.4 Å². The number of aliphatic hydroxyl groups is 1. The molecular formula is C15H24ClNO2. The predicted octanol–water partition coefficient (Wildman–Crippen LogP) is 2.90. The zero-order valence-corrected chi connectivity index (χ0v) is 12.1. The molecule has 0 heterocycles. The van der Waals surface area contributed by atoms with E-state index in [-0.39, 0.29) is 19.0 Å². The largest absolute Gasteiger partial charge is 0.491 e. The average molecular weight is 286 g/mol. The molecule has 0 aromatic heterocycles. The minimum Gasteiger partial charge on any atom is -0.491 e. The van der Waals surface area contributed by atoms with Gasteiger partial charge in [0.15, 0.2) is 0 Å². The minimum absolute atomic E-state index is 0. The van der Waals surface area contributed by atoms with Gasteiger partial charge in [-0.3, -0.25) is 0 Å². The first-order chi connectivity index (χ1) is 8.88. The molecule has 1 aromatic rings. The Bertz CT molecular complexity index is 337. The molecule has 3 nitrogen and oxygen atoms in total. The maximum atomic E-state index is 8.68. The number of benzene rings is 1. The van der Waals surface area contributed by atoms with E-state index < -0.39 is 0 Å². The van der Waals surface area contributed by atoms with E-state index in [2.05, 4.69) is 17.4 Å². The number of hydrogen-bond acceptors (Lipinski definition) is 3. The predicted molar refractivity (Wildman–Crippen MR) is 80.0 cm³/mol. The van der Waals surface area contributed by atoms with Gasteiger partial charge >= 0.3 is 0 Å². The fourth-order valence-electron chi connectivity index (χ4n) is 2.44. The van der Waals surface area contributed by atoms with E-state index in [1.807, 2.05) is 12.1 Å². The number of aliphatic hydroxyl groups excluding tert-OH is 1. The van der Waals surface area contributed by atoms with Crippen molar-refractivity contribution in [1.82, 2.24) is 5.32 Å². The maximum Gasteiger partial charge on any atom is 0.119 e. The Labute approximate surface area is 121 Å². The Balaban J connectivity index is 0.00000180. The summed E-state index contributed by atoms with van der Waals surface area (Å²) in [5.74, 6) is 0.825. The highest BCUT2D eigenvalue weighted by Gasteiger charge is 2.12. The van der Waals surface area contributed by atoms with Crippen molar-refractivity contribution in [2.45, 2.75) is 44.7 Å². The summed E-state index contributed by atoms with van der Waals surface area (Å²) in [6.45, 7) is 1.36. The molecule has 0 bridgehead atoms. The molecule has 0 saturated heterocycles. The molecule has 0 atom stereocenters. The van der Waals surface area contributed by atoms with Crippen LogP contribution in [0.15, 0.2) is 24.3 Å². The zero-order valence-electron chi connectivity index (χ0n) is 11.3. The van der Waals surface area contributed by atoms with Crippen molar-refractivity contribution in [3.05, 3.63) is 29.8 Å². The number of ether oxygens (including phenoxy) is 1. The van der Waals surface area contributed by atoms with Gasteiger partial charge in [0.05, 0.1) is 6.61 Å². The third-order valence-corrected chi connectivity index (χ3v) is 3.48. The summed E-state index contributed by atoms with van der Waals surface area (Å²) < 4.78 is 5.33. The Morgan fingerprint density at radius 1 is 1.11 bits per heavy atom. The minimum atomic E-state index is 0. The highest BCUT2D eigenvalue weighted by Crippen LogP contribution is 2.18. The van der Waals surface area contributed by atoms with Crippen LogP contribution in [-0.2, 0) is 6.54 Å². The first kappa shape index (κ1) is 16.3. The highest BCUT2D eigenvalue weighted by molar-refractivity contribution is 5.85. The second kappa shape index (κ2) is 9.18. The van der Waals surface area contributed by atoms with Gasteiger partial charge in [0.1, 0.15) is 12.4 Å². The van der Waals surface area contributed by atoms with Crippen molar-refractivity contribution in [2.24, 2.45) is 0 Å². The van der Waals surface area contributed by atoms with Crippen LogP contribution in [0.3, 0.4) is 0 Å². The summed E-state index contributed by atoms with van der Waals surface area (Å²) in [4.78, 5) is 0. The van der Waals surface area contributed by atoms with Crippen LogP contribution in [0.2, 0.25) is 0 Å². The molecule has 0 unspecified atom stereocenters. The first-order valence-corrected chi connectivity index (χ1v) is 6.94. The van der Waals surface area contributed by atoms with E-state index >= 15 is 0 Å². The van der Waals surface area contributed by atoms with Gasteiger partial charge in [0, 0.05) is 12.6 Å². The number of halogens is 1. The van der Waals surface area contributed by atoms with Crippen LogP contribution in [0, 0.1) is 0 Å². The highest BCUT2D eigenvalue weighted by atomic mass is 35.5. The summed E-state index contributed by atoms with van der Waals surface area (Å²) in [5, 5.41) is 12.3. The van der Waals surface area contributed by atoms with Crippen LogP contribution < -0.4 is 10.1 Å². The molecule has 0 radical (unpaired) electrons. The van der Waals surface area contributed by atoms with Gasteiger partial charge in [-0.2, -0.15) is 0 Å². The van der Waals surface area contributed by atoms with Crippen molar-refractivity contribution < 1.29 is 9.84 Å². The van der Waals surface area contributed by atoms with Gasteiger partial charge in [-0.05, 0) is 30.5 Å². The summed E-state index contributed by atoms with van der Waals surface area (Å²) >= 11 is 0. The van der Waals surface area contributed by atoms with Gasteiger partial charge in [0.25, 0.3) is 0 Å². The van der Waals surface area contributed by atoms with Crippen LogP contribution in [0.25, 0.3) is 0 Å². The SMILES string of the molecule is Cl.OCCOc1ccc(CNC2CCCCC2)cc1. The van der Waals surface area contributed by atoms with Gasteiger partial charge in [-0.15, -0.1) is 12.4 Å². The van der Waals surface area contributed by atoms with Crippen LogP contribution in [0.4, 0.5) is 0 Å². The zero-order chi connectivity index (χ0) is 12.6. The van der Waals surface area contributed by atoms with Gasteiger partial charge < -0.3 is 15.2 Å². The lowest BCUT2D eigenvalue weighted by atomic mass is 9.95. The molecule has 0 aliphatic heterocycles. The van der Waals surface area contributed by atoms with E-state index in [0.29, 0.717) is 12.6 Å². The maximum absolute atomic E-state index is 8.68. The van der Waals surface area contributed by atoms with Crippen molar-refractivity contribution in [1.29, 1.82) is 0 Å². The standard InChI is InChI=1S/C15H23NO2.ClH/c17-10-11-18-15-8-6-13(7-9-15)12-16-14-4-2-1-3-5-14;/h6-9,14,16-17H,1-5,10-12H2;1H. The summed E-state index contributed by atoms with van der Waals surface area (Å²) in [5.41, 5.74) is 1.29. The third kappa shape index (κ3) is 5.81. The van der Waals surface area contributed by atoms with E-state index in [4.69, 9.17) is 9.84 Å². The Hall–Kier alpha value is -0.770. The van der Waals surface area contributed by atoms with Gasteiger partial charge in [-0.25, -0.2) is 0 Å². The number of rotatable bonds is 6. The molecule has 0 spiro atoms. The van der Waals surface area contributed by atoms with Crippen molar-refractivity contribution >= 4 is 12.4 Å². The average Bonchev–Trinajstić information content (AvgIpc) is 2.45. The lowest BCUT2D eigenvalue weighted by molar-refractivity contribution is 0.201. The summed E-state index contributed by atoms with van der Waals surface area (Å²) in [6.07, 6.45) is 6.77. The summed E-state index contributed by atoms with van der Waals surface area (Å²) in [6, 6.07) is 8.80. The Morgan fingerprint density at radius 2 is 1.79 bits per heavy atom. The molecule has 4 heteroatoms. The first-order valence-electron chi connectivity index (χ1n) is 6.94. The van der Waals surface area contributed by atoms with Gasteiger partial charge in [0.2, 0.25) is 0 Å². The lowest BCUT2D eigenvalue weighted by Gasteiger charge is -2.22. The normalized spacial score (nSPS) is 15.8. The topological polar surface area (TPSA) is 41.5 Å². The fraction of sp³-hybridized carbons (Fsp3) is 0.600. The molecule has 0 amide bonds. The molecule has 1 aromatic carbocycles. The van der Waals surface area contributed by atoms with Crippen molar-refractivity contribution in [3.63, 3.8) is 0 Å². The Morgan fingerprint density at radius 3 is 2.42 bits per heavy atom. The molecular weight excluding hydrogens is 262 g/mol. The van der Waals surface area contributed by atoms with E-state index in [0.717, 1.165) is 12.3 Å². The summed E-state index contributed by atoms with van der Waals surface area (Å²) in [7, 11) is 0. The lowest BCUT2D eigenvalue weighted by Crippen LogP contribution is -2.30. The van der Waals surface area contributed by atoms with Gasteiger partial charge in [-0.1, -0.05) is 31.4 Å². The fourth-order valence-corrected chi connectivity index (χ4v) is 2.44. The molecule has 2 N–H and O–H groups in total. The third-order valence-electron chi connectivity index (χ3n) is 3.48. The quantitative estimate of drug-likeness (QED) is 0.844. The van der Waals surface area contributed by atoms with Crippen LogP contribution in [0.5, 0.6) is 5.75 Å². The van der Waals surface area contributed by atoms with Crippen LogP contribution in [0.1, 0.15) is 37.7 Å². The molecule has 19 heavy (non-hydrogen) atoms.